The molecule has 3 saturated heterocycles. The molecule has 0 amide bonds. The predicted molar refractivity (Wildman–Crippen MR) is 164 cm³/mol. The third kappa shape index (κ3) is 4.73. The van der Waals surface area contributed by atoms with E-state index in [1.807, 2.05) is 0 Å². The fourth-order valence-corrected chi connectivity index (χ4v) is 8.27. The minimum absolute atomic E-state index is 0.0514. The Kier molecular flexibility index (Phi) is 6.94. The van der Waals surface area contributed by atoms with Gasteiger partial charge in [-0.1, -0.05) is 0 Å². The Hall–Kier alpha value is -3.37. The average molecular weight is 586 g/mol. The molecular formula is C33H40FN7O2. The summed E-state index contributed by atoms with van der Waals surface area (Å²) < 4.78 is 29.5. The number of aromatic amines is 1. The van der Waals surface area contributed by atoms with Crippen molar-refractivity contribution in [3.63, 3.8) is 0 Å². The molecule has 3 aromatic heterocycles. The van der Waals surface area contributed by atoms with Crippen LogP contribution in [0.5, 0.6) is 6.01 Å². The second-order valence-electron chi connectivity index (χ2n) is 13.1. The van der Waals surface area contributed by atoms with Gasteiger partial charge >= 0.3 is 6.01 Å². The zero-order chi connectivity index (χ0) is 29.0. The number of hydrogen-bond acceptors (Lipinski definition) is 8. The van der Waals surface area contributed by atoms with E-state index in [0.29, 0.717) is 30.9 Å². The summed E-state index contributed by atoms with van der Waals surface area (Å²) in [5.74, 6) is 0.832. The molecule has 0 spiro atoms. The van der Waals surface area contributed by atoms with Gasteiger partial charge in [0.1, 0.15) is 23.6 Å². The van der Waals surface area contributed by atoms with Gasteiger partial charge in [0, 0.05) is 36.8 Å². The first-order valence-electron chi connectivity index (χ1n) is 16.1. The summed E-state index contributed by atoms with van der Waals surface area (Å²) in [6, 6.07) is 2.34. The van der Waals surface area contributed by atoms with Crippen molar-refractivity contribution in [2.45, 2.75) is 70.3 Å². The lowest BCUT2D eigenvalue weighted by atomic mass is 9.92. The van der Waals surface area contributed by atoms with Crippen molar-refractivity contribution >= 4 is 27.6 Å². The van der Waals surface area contributed by atoms with E-state index in [1.165, 1.54) is 19.3 Å². The number of pyridine rings is 1. The normalized spacial score (nSPS) is 22.5. The third-order valence-electron chi connectivity index (χ3n) is 10.5. The number of benzene rings is 1. The SMILES string of the molecule is Cc1cc2[nH]ncc2c2c1CCOCCCC1CCCN(C1)c1nc(OCC34CCCN3CCC4)nc3c(F)c-2ncc13. The molecule has 9 nitrogen and oxygen atoms in total. The number of anilines is 1. The number of rotatable bonds is 3. The Labute approximate surface area is 251 Å². The largest absolute Gasteiger partial charge is 0.461 e. The molecule has 1 N–H and O–H groups in total. The maximum Gasteiger partial charge on any atom is 0.319 e. The predicted octanol–water partition coefficient (Wildman–Crippen LogP) is 5.59. The van der Waals surface area contributed by atoms with E-state index in [-0.39, 0.29) is 22.8 Å². The number of aryl methyl sites for hydroxylation is 1. The van der Waals surface area contributed by atoms with Gasteiger partial charge in [0.05, 0.1) is 29.2 Å². The summed E-state index contributed by atoms with van der Waals surface area (Å²) in [7, 11) is 0. The first-order chi connectivity index (χ1) is 21.1. The van der Waals surface area contributed by atoms with Crippen LogP contribution in [0.15, 0.2) is 18.5 Å². The van der Waals surface area contributed by atoms with Gasteiger partial charge in [-0.15, -0.1) is 0 Å². The van der Waals surface area contributed by atoms with Gasteiger partial charge in [0.15, 0.2) is 5.82 Å². The van der Waals surface area contributed by atoms with Crippen LogP contribution in [0.1, 0.15) is 62.5 Å². The molecular weight excluding hydrogens is 545 g/mol. The number of H-pyrrole nitrogens is 1. The van der Waals surface area contributed by atoms with Gasteiger partial charge < -0.3 is 14.4 Å². The molecule has 0 aliphatic carbocycles. The fourth-order valence-electron chi connectivity index (χ4n) is 8.27. The monoisotopic (exact) mass is 585 g/mol. The zero-order valence-electron chi connectivity index (χ0n) is 25.0. The van der Waals surface area contributed by atoms with Crippen molar-refractivity contribution in [1.82, 2.24) is 30.0 Å². The summed E-state index contributed by atoms with van der Waals surface area (Å²) in [6.07, 6.45) is 13.2. The van der Waals surface area contributed by atoms with Crippen molar-refractivity contribution in [3.05, 3.63) is 35.4 Å². The molecule has 5 aliphatic rings. The molecule has 3 fully saturated rings. The van der Waals surface area contributed by atoms with Crippen molar-refractivity contribution in [2.75, 3.05) is 50.9 Å². The number of ether oxygens (including phenoxy) is 2. The van der Waals surface area contributed by atoms with E-state index >= 15 is 4.39 Å². The van der Waals surface area contributed by atoms with E-state index in [1.54, 1.807) is 12.4 Å². The number of halogens is 1. The maximum atomic E-state index is 17.0. The first-order valence-corrected chi connectivity index (χ1v) is 16.1. The molecule has 10 heteroatoms. The average Bonchev–Trinajstić information content (AvgIpc) is 3.74. The topological polar surface area (TPSA) is 92.3 Å². The highest BCUT2D eigenvalue weighted by Gasteiger charge is 2.45. The fraction of sp³-hybridized carbons (Fsp3) is 0.576. The lowest BCUT2D eigenvalue weighted by Crippen LogP contribution is -2.43. The quantitative estimate of drug-likeness (QED) is 0.333. The molecule has 43 heavy (non-hydrogen) atoms. The molecule has 1 aromatic carbocycles. The maximum absolute atomic E-state index is 17.0. The van der Waals surface area contributed by atoms with Crippen LogP contribution >= 0.6 is 0 Å². The molecule has 1 unspecified atom stereocenters. The molecule has 226 valence electrons. The van der Waals surface area contributed by atoms with Crippen molar-refractivity contribution in [2.24, 2.45) is 5.92 Å². The van der Waals surface area contributed by atoms with E-state index in [4.69, 9.17) is 24.4 Å². The van der Waals surface area contributed by atoms with Gasteiger partial charge in [-0.25, -0.2) is 4.39 Å². The van der Waals surface area contributed by atoms with Crippen molar-refractivity contribution in [3.8, 4) is 17.3 Å². The van der Waals surface area contributed by atoms with E-state index < -0.39 is 5.82 Å². The van der Waals surface area contributed by atoms with Crippen LogP contribution in [0.2, 0.25) is 0 Å². The number of nitrogens with zero attached hydrogens (tertiary/aromatic N) is 6. The number of hydrogen-bond donors (Lipinski definition) is 1. The molecule has 0 radical (unpaired) electrons. The summed E-state index contributed by atoms with van der Waals surface area (Å²) in [4.78, 5) is 19.4. The Morgan fingerprint density at radius 3 is 2.79 bits per heavy atom. The van der Waals surface area contributed by atoms with Crippen LogP contribution in [0.25, 0.3) is 33.1 Å². The summed E-state index contributed by atoms with van der Waals surface area (Å²) in [6.45, 7) is 7.90. The van der Waals surface area contributed by atoms with Crippen LogP contribution in [-0.4, -0.2) is 81.6 Å². The van der Waals surface area contributed by atoms with Crippen molar-refractivity contribution < 1.29 is 13.9 Å². The third-order valence-corrected chi connectivity index (χ3v) is 10.5. The molecule has 6 bridgehead atoms. The lowest BCUT2D eigenvalue weighted by molar-refractivity contribution is 0.108. The van der Waals surface area contributed by atoms with Crippen molar-refractivity contribution in [1.29, 1.82) is 0 Å². The minimum atomic E-state index is -0.441. The minimum Gasteiger partial charge on any atom is -0.461 e. The summed E-state index contributed by atoms with van der Waals surface area (Å²) >= 11 is 0. The highest BCUT2D eigenvalue weighted by atomic mass is 19.1. The first kappa shape index (κ1) is 27.2. The second-order valence-corrected chi connectivity index (χ2v) is 13.1. The molecule has 8 heterocycles. The second kappa shape index (κ2) is 11.0. The van der Waals surface area contributed by atoms with E-state index in [2.05, 4.69) is 33.0 Å². The smallest absolute Gasteiger partial charge is 0.319 e. The number of fused-ring (bicyclic) bond motifs is 8. The zero-order valence-corrected chi connectivity index (χ0v) is 25.0. The number of aromatic nitrogens is 5. The van der Waals surface area contributed by atoms with Gasteiger partial charge in [-0.05, 0) is 101 Å². The van der Waals surface area contributed by atoms with Crippen LogP contribution in [-0.2, 0) is 11.2 Å². The lowest BCUT2D eigenvalue weighted by Gasteiger charge is -2.34. The molecule has 1 atom stereocenters. The highest BCUT2D eigenvalue weighted by molar-refractivity contribution is 5.99. The molecule has 5 aliphatic heterocycles. The number of nitrogens with one attached hydrogen (secondary N) is 1. The van der Waals surface area contributed by atoms with Gasteiger partial charge in [0.25, 0.3) is 0 Å². The van der Waals surface area contributed by atoms with Gasteiger partial charge in [-0.2, -0.15) is 15.1 Å². The Morgan fingerprint density at radius 1 is 1.05 bits per heavy atom. The highest BCUT2D eigenvalue weighted by Crippen LogP contribution is 2.41. The van der Waals surface area contributed by atoms with Crippen LogP contribution in [0, 0.1) is 18.7 Å². The Bertz CT molecular complexity index is 1660. The van der Waals surface area contributed by atoms with Crippen LogP contribution < -0.4 is 9.64 Å². The standard InChI is InChI=1S/C33H40FN7O2/c1-21-16-26-24(18-36-39-26)27-23(21)8-15-42-14-3-7-22-6-2-11-40(19-22)31-25-17-35-30(27)28(34)29(25)37-32(38-31)43-20-33-9-4-12-41(33)13-5-10-33/h16-18,22H,2-15,19-20H2,1H3,(H,36,39). The van der Waals surface area contributed by atoms with Gasteiger partial charge in [0.2, 0.25) is 0 Å². The van der Waals surface area contributed by atoms with Crippen LogP contribution in [0.3, 0.4) is 0 Å². The molecule has 4 aromatic rings. The molecule has 9 rings (SSSR count). The van der Waals surface area contributed by atoms with E-state index in [0.717, 1.165) is 98.3 Å². The van der Waals surface area contributed by atoms with Gasteiger partial charge in [-0.3, -0.25) is 15.0 Å². The molecule has 0 saturated carbocycles. The Balaban J connectivity index is 1.29. The van der Waals surface area contributed by atoms with Crippen LogP contribution in [0.4, 0.5) is 10.2 Å². The summed E-state index contributed by atoms with van der Waals surface area (Å²) in [5, 5.41) is 8.85. The van der Waals surface area contributed by atoms with E-state index in [9.17, 15) is 0 Å². The number of piperidine rings is 1. The summed E-state index contributed by atoms with van der Waals surface area (Å²) in [5.41, 5.74) is 4.31. The Morgan fingerprint density at radius 2 is 1.91 bits per heavy atom.